The van der Waals surface area contributed by atoms with Crippen molar-refractivity contribution in [1.82, 2.24) is 5.32 Å². The SMILES string of the molecule is Cc1ccc(N2CC(C)NCC2CO)c(C)c1. The molecule has 3 nitrogen and oxygen atoms in total. The lowest BCUT2D eigenvalue weighted by Crippen LogP contribution is -2.57. The van der Waals surface area contributed by atoms with Gasteiger partial charge < -0.3 is 15.3 Å². The number of aliphatic hydroxyl groups is 1. The van der Waals surface area contributed by atoms with Gasteiger partial charge in [-0.3, -0.25) is 0 Å². The Kier molecular flexibility index (Phi) is 3.69. The molecule has 1 heterocycles. The van der Waals surface area contributed by atoms with Gasteiger partial charge in [0.25, 0.3) is 0 Å². The molecule has 2 rings (SSSR count). The molecule has 17 heavy (non-hydrogen) atoms. The lowest BCUT2D eigenvalue weighted by molar-refractivity contribution is 0.237. The van der Waals surface area contributed by atoms with Crippen molar-refractivity contribution in [2.45, 2.75) is 32.9 Å². The van der Waals surface area contributed by atoms with Gasteiger partial charge in [0, 0.05) is 24.8 Å². The van der Waals surface area contributed by atoms with E-state index in [4.69, 9.17) is 0 Å². The number of aliphatic hydroxyl groups excluding tert-OH is 1. The molecule has 2 atom stereocenters. The first-order valence-corrected chi connectivity index (χ1v) is 6.30. The lowest BCUT2D eigenvalue weighted by Gasteiger charge is -2.41. The maximum absolute atomic E-state index is 9.47. The lowest BCUT2D eigenvalue weighted by atomic mass is 10.0. The van der Waals surface area contributed by atoms with Gasteiger partial charge in [0.1, 0.15) is 0 Å². The number of piperazine rings is 1. The highest BCUT2D eigenvalue weighted by molar-refractivity contribution is 5.55. The molecule has 1 aliphatic heterocycles. The molecule has 1 saturated heterocycles. The van der Waals surface area contributed by atoms with E-state index in [1.54, 1.807) is 0 Å². The number of hydrogen-bond acceptors (Lipinski definition) is 3. The molecule has 3 heteroatoms. The van der Waals surface area contributed by atoms with Crippen molar-refractivity contribution in [3.63, 3.8) is 0 Å². The fourth-order valence-electron chi connectivity index (χ4n) is 2.54. The molecule has 0 amide bonds. The second kappa shape index (κ2) is 5.07. The Morgan fingerprint density at radius 2 is 2.18 bits per heavy atom. The molecule has 1 aliphatic rings. The van der Waals surface area contributed by atoms with E-state index in [1.165, 1.54) is 16.8 Å². The molecule has 0 aliphatic carbocycles. The molecular formula is C14H22N2O. The highest BCUT2D eigenvalue weighted by atomic mass is 16.3. The van der Waals surface area contributed by atoms with Gasteiger partial charge in [0.15, 0.2) is 0 Å². The van der Waals surface area contributed by atoms with Crippen LogP contribution in [0.3, 0.4) is 0 Å². The predicted octanol–water partition coefficient (Wildman–Crippen LogP) is 1.46. The highest BCUT2D eigenvalue weighted by Crippen LogP contribution is 2.24. The Morgan fingerprint density at radius 3 is 2.82 bits per heavy atom. The van der Waals surface area contributed by atoms with Gasteiger partial charge in [-0.25, -0.2) is 0 Å². The van der Waals surface area contributed by atoms with Crippen molar-refractivity contribution >= 4 is 5.69 Å². The van der Waals surface area contributed by atoms with Gasteiger partial charge in [-0.15, -0.1) is 0 Å². The fraction of sp³-hybridized carbons (Fsp3) is 0.571. The van der Waals surface area contributed by atoms with Crippen LogP contribution in [0.1, 0.15) is 18.1 Å². The zero-order chi connectivity index (χ0) is 12.4. The maximum Gasteiger partial charge on any atom is 0.0647 e. The van der Waals surface area contributed by atoms with Crippen molar-refractivity contribution < 1.29 is 5.11 Å². The minimum atomic E-state index is 0.188. The largest absolute Gasteiger partial charge is 0.394 e. The van der Waals surface area contributed by atoms with Crippen molar-refractivity contribution in [3.8, 4) is 0 Å². The minimum absolute atomic E-state index is 0.188. The maximum atomic E-state index is 9.47. The summed E-state index contributed by atoms with van der Waals surface area (Å²) in [6.07, 6.45) is 0. The predicted molar refractivity (Wildman–Crippen MR) is 71.6 cm³/mol. The third kappa shape index (κ3) is 2.61. The number of rotatable bonds is 2. The summed E-state index contributed by atoms with van der Waals surface area (Å²) in [4.78, 5) is 2.33. The zero-order valence-electron chi connectivity index (χ0n) is 10.9. The Labute approximate surface area is 103 Å². The van der Waals surface area contributed by atoms with Crippen LogP contribution in [-0.4, -0.2) is 36.9 Å². The summed E-state index contributed by atoms with van der Waals surface area (Å²) in [5, 5.41) is 12.9. The molecule has 1 fully saturated rings. The summed E-state index contributed by atoms with van der Waals surface area (Å²) in [7, 11) is 0. The smallest absolute Gasteiger partial charge is 0.0647 e. The standard InChI is InChI=1S/C14H22N2O/c1-10-4-5-14(11(2)6-10)16-8-12(3)15-7-13(16)9-17/h4-6,12-13,15,17H,7-9H2,1-3H3. The summed E-state index contributed by atoms with van der Waals surface area (Å²) in [5.74, 6) is 0. The van der Waals surface area contributed by atoms with Crippen molar-refractivity contribution in [1.29, 1.82) is 0 Å². The molecule has 0 spiro atoms. The minimum Gasteiger partial charge on any atom is -0.394 e. The van der Waals surface area contributed by atoms with Gasteiger partial charge >= 0.3 is 0 Å². The summed E-state index contributed by atoms with van der Waals surface area (Å²) in [6, 6.07) is 7.18. The molecule has 0 aromatic heterocycles. The first kappa shape index (κ1) is 12.4. The molecule has 0 saturated carbocycles. The van der Waals surface area contributed by atoms with E-state index in [0.29, 0.717) is 6.04 Å². The van der Waals surface area contributed by atoms with Gasteiger partial charge in [0.05, 0.1) is 12.6 Å². The van der Waals surface area contributed by atoms with Crippen molar-refractivity contribution in [2.24, 2.45) is 0 Å². The average Bonchev–Trinajstić information content (AvgIpc) is 2.29. The molecule has 0 bridgehead atoms. The number of nitrogens with zero attached hydrogens (tertiary/aromatic N) is 1. The van der Waals surface area contributed by atoms with Gasteiger partial charge in [-0.05, 0) is 32.4 Å². The summed E-state index contributed by atoms with van der Waals surface area (Å²) >= 11 is 0. The van der Waals surface area contributed by atoms with E-state index in [0.717, 1.165) is 13.1 Å². The molecule has 1 aromatic rings. The topological polar surface area (TPSA) is 35.5 Å². The molecule has 94 valence electrons. The van der Waals surface area contributed by atoms with Crippen molar-refractivity contribution in [2.75, 3.05) is 24.6 Å². The number of hydrogen-bond donors (Lipinski definition) is 2. The van der Waals surface area contributed by atoms with Crippen LogP contribution in [0.25, 0.3) is 0 Å². The van der Waals surface area contributed by atoms with Crippen LogP contribution in [0, 0.1) is 13.8 Å². The molecule has 2 unspecified atom stereocenters. The third-order valence-electron chi connectivity index (χ3n) is 3.49. The first-order valence-electron chi connectivity index (χ1n) is 6.30. The second-order valence-electron chi connectivity index (χ2n) is 5.09. The van der Waals surface area contributed by atoms with E-state index in [2.05, 4.69) is 49.2 Å². The van der Waals surface area contributed by atoms with Gasteiger partial charge in [-0.1, -0.05) is 17.7 Å². The van der Waals surface area contributed by atoms with Gasteiger partial charge in [0.2, 0.25) is 0 Å². The molecular weight excluding hydrogens is 212 g/mol. The normalized spacial score (nSPS) is 25.1. The Bertz CT molecular complexity index is 392. The highest BCUT2D eigenvalue weighted by Gasteiger charge is 2.26. The zero-order valence-corrected chi connectivity index (χ0v) is 10.9. The third-order valence-corrected chi connectivity index (χ3v) is 3.49. The van der Waals surface area contributed by atoms with E-state index in [9.17, 15) is 5.11 Å². The number of benzene rings is 1. The number of anilines is 1. The Balaban J connectivity index is 2.28. The van der Waals surface area contributed by atoms with Crippen LogP contribution in [0.5, 0.6) is 0 Å². The van der Waals surface area contributed by atoms with E-state index < -0.39 is 0 Å². The van der Waals surface area contributed by atoms with Gasteiger partial charge in [-0.2, -0.15) is 0 Å². The van der Waals surface area contributed by atoms with Crippen LogP contribution in [0.4, 0.5) is 5.69 Å². The van der Waals surface area contributed by atoms with Crippen LogP contribution < -0.4 is 10.2 Å². The number of nitrogens with one attached hydrogen (secondary N) is 1. The molecule has 0 radical (unpaired) electrons. The Morgan fingerprint density at radius 1 is 1.41 bits per heavy atom. The van der Waals surface area contributed by atoms with Crippen LogP contribution >= 0.6 is 0 Å². The van der Waals surface area contributed by atoms with Crippen LogP contribution in [-0.2, 0) is 0 Å². The van der Waals surface area contributed by atoms with Crippen molar-refractivity contribution in [3.05, 3.63) is 29.3 Å². The summed E-state index contributed by atoms with van der Waals surface area (Å²) in [6.45, 7) is 8.45. The molecule has 1 aromatic carbocycles. The number of aryl methyl sites for hydroxylation is 2. The van der Waals surface area contributed by atoms with E-state index >= 15 is 0 Å². The van der Waals surface area contributed by atoms with E-state index in [-0.39, 0.29) is 12.6 Å². The van der Waals surface area contributed by atoms with Crippen LogP contribution in [0.15, 0.2) is 18.2 Å². The second-order valence-corrected chi connectivity index (χ2v) is 5.09. The first-order chi connectivity index (χ1) is 8.11. The fourth-order valence-corrected chi connectivity index (χ4v) is 2.54. The van der Waals surface area contributed by atoms with Crippen LogP contribution in [0.2, 0.25) is 0 Å². The summed E-state index contributed by atoms with van der Waals surface area (Å²) < 4.78 is 0. The van der Waals surface area contributed by atoms with E-state index in [1.807, 2.05) is 0 Å². The average molecular weight is 234 g/mol. The summed E-state index contributed by atoms with van der Waals surface area (Å²) in [5.41, 5.74) is 3.83. The monoisotopic (exact) mass is 234 g/mol. The Hall–Kier alpha value is -1.06. The molecule has 2 N–H and O–H groups in total. The quantitative estimate of drug-likeness (QED) is 0.813.